The van der Waals surface area contributed by atoms with Gasteiger partial charge in [-0.15, -0.1) is 11.3 Å². The van der Waals surface area contributed by atoms with Crippen molar-refractivity contribution in [2.24, 2.45) is 0 Å². The molecule has 2 aromatic heterocycles. The Morgan fingerprint density at radius 1 is 1.53 bits per heavy atom. The van der Waals surface area contributed by atoms with E-state index in [-0.39, 0.29) is 11.7 Å². The van der Waals surface area contributed by atoms with Crippen molar-refractivity contribution in [3.63, 3.8) is 0 Å². The van der Waals surface area contributed by atoms with Crippen LogP contribution in [0, 0.1) is 17.0 Å². The Kier molecular flexibility index (Phi) is 4.11. The fraction of sp³-hybridized carbons (Fsp3) is 0.273. The SMILES string of the molecule is Cc1csc(C(C)Nc2c(Br)cncc2[N+](=O)[O-])n1. The summed E-state index contributed by atoms with van der Waals surface area (Å²) in [6.45, 7) is 3.83. The third-order valence-electron chi connectivity index (χ3n) is 2.44. The molecule has 1 N–H and O–H groups in total. The third-order valence-corrected chi connectivity index (χ3v) is 4.19. The zero-order valence-electron chi connectivity index (χ0n) is 10.3. The number of aryl methyl sites for hydroxylation is 1. The molecule has 0 radical (unpaired) electrons. The minimum atomic E-state index is -0.458. The Bertz CT molecular complexity index is 616. The number of rotatable bonds is 4. The van der Waals surface area contributed by atoms with Crippen molar-refractivity contribution in [2.45, 2.75) is 19.9 Å². The maximum absolute atomic E-state index is 11.0. The molecule has 0 aliphatic heterocycles. The van der Waals surface area contributed by atoms with E-state index in [1.807, 2.05) is 19.2 Å². The maximum Gasteiger partial charge on any atom is 0.311 e. The van der Waals surface area contributed by atoms with Crippen LogP contribution < -0.4 is 5.32 Å². The van der Waals surface area contributed by atoms with Gasteiger partial charge in [0.2, 0.25) is 0 Å². The topological polar surface area (TPSA) is 81.0 Å². The molecular weight excluding hydrogens is 332 g/mol. The van der Waals surface area contributed by atoms with E-state index in [0.717, 1.165) is 10.7 Å². The highest BCUT2D eigenvalue weighted by atomic mass is 79.9. The molecule has 1 unspecified atom stereocenters. The number of pyridine rings is 1. The summed E-state index contributed by atoms with van der Waals surface area (Å²) >= 11 is 4.80. The van der Waals surface area contributed by atoms with Crippen molar-refractivity contribution in [1.29, 1.82) is 0 Å². The van der Waals surface area contributed by atoms with Crippen LogP contribution in [0.3, 0.4) is 0 Å². The van der Waals surface area contributed by atoms with E-state index in [9.17, 15) is 10.1 Å². The van der Waals surface area contributed by atoms with E-state index in [2.05, 4.69) is 31.2 Å². The summed E-state index contributed by atoms with van der Waals surface area (Å²) in [5.41, 5.74) is 1.30. The van der Waals surface area contributed by atoms with Gasteiger partial charge in [0.15, 0.2) is 0 Å². The van der Waals surface area contributed by atoms with Crippen LogP contribution in [0.15, 0.2) is 22.2 Å². The molecule has 100 valence electrons. The Morgan fingerprint density at radius 3 is 2.84 bits per heavy atom. The first kappa shape index (κ1) is 13.9. The van der Waals surface area contributed by atoms with Crippen LogP contribution in [0.2, 0.25) is 0 Å². The number of nitrogens with zero attached hydrogens (tertiary/aromatic N) is 3. The van der Waals surface area contributed by atoms with Gasteiger partial charge in [0, 0.05) is 17.3 Å². The molecular formula is C11H11BrN4O2S. The van der Waals surface area contributed by atoms with Gasteiger partial charge >= 0.3 is 5.69 Å². The summed E-state index contributed by atoms with van der Waals surface area (Å²) in [6, 6.07) is -0.115. The highest BCUT2D eigenvalue weighted by Gasteiger charge is 2.20. The molecule has 2 rings (SSSR count). The molecule has 0 aliphatic rings. The second-order valence-corrected chi connectivity index (χ2v) is 5.71. The van der Waals surface area contributed by atoms with E-state index in [0.29, 0.717) is 10.2 Å². The van der Waals surface area contributed by atoms with Crippen LogP contribution in [0.4, 0.5) is 11.4 Å². The number of hydrogen-bond acceptors (Lipinski definition) is 6. The summed E-state index contributed by atoms with van der Waals surface area (Å²) in [6.07, 6.45) is 2.75. The number of halogens is 1. The first-order chi connectivity index (χ1) is 8.99. The molecule has 6 nitrogen and oxygen atoms in total. The largest absolute Gasteiger partial charge is 0.370 e. The monoisotopic (exact) mass is 342 g/mol. The van der Waals surface area contributed by atoms with E-state index in [1.54, 1.807) is 0 Å². The second kappa shape index (κ2) is 5.62. The Labute approximate surface area is 122 Å². The molecule has 2 aromatic rings. The fourth-order valence-electron chi connectivity index (χ4n) is 1.56. The maximum atomic E-state index is 11.0. The van der Waals surface area contributed by atoms with Crippen LogP contribution in [-0.4, -0.2) is 14.9 Å². The lowest BCUT2D eigenvalue weighted by Crippen LogP contribution is -2.09. The van der Waals surface area contributed by atoms with Crippen molar-refractivity contribution in [3.05, 3.63) is 43.1 Å². The van der Waals surface area contributed by atoms with Crippen molar-refractivity contribution >= 4 is 38.6 Å². The molecule has 2 heterocycles. The summed E-state index contributed by atoms with van der Waals surface area (Å²) < 4.78 is 0.557. The van der Waals surface area contributed by atoms with Gasteiger partial charge in [0.1, 0.15) is 16.9 Å². The average Bonchev–Trinajstić information content (AvgIpc) is 2.78. The molecule has 0 saturated carbocycles. The first-order valence-electron chi connectivity index (χ1n) is 5.45. The molecule has 0 saturated heterocycles. The Morgan fingerprint density at radius 2 is 2.26 bits per heavy atom. The molecule has 0 fully saturated rings. The third kappa shape index (κ3) is 3.07. The smallest absolute Gasteiger partial charge is 0.311 e. The summed E-state index contributed by atoms with van der Waals surface area (Å²) in [4.78, 5) is 18.7. The summed E-state index contributed by atoms with van der Waals surface area (Å²) in [5, 5.41) is 16.9. The van der Waals surface area contributed by atoms with Crippen LogP contribution in [0.25, 0.3) is 0 Å². The van der Waals surface area contributed by atoms with Gasteiger partial charge < -0.3 is 5.32 Å². The lowest BCUT2D eigenvalue weighted by atomic mass is 10.3. The van der Waals surface area contributed by atoms with Gasteiger partial charge in [-0.05, 0) is 29.8 Å². The normalized spacial score (nSPS) is 12.2. The number of anilines is 1. The van der Waals surface area contributed by atoms with Crippen LogP contribution >= 0.6 is 27.3 Å². The second-order valence-electron chi connectivity index (χ2n) is 3.97. The van der Waals surface area contributed by atoms with Gasteiger partial charge in [0.05, 0.1) is 15.4 Å². The molecule has 0 spiro atoms. The highest BCUT2D eigenvalue weighted by molar-refractivity contribution is 9.10. The van der Waals surface area contributed by atoms with Crippen molar-refractivity contribution in [3.8, 4) is 0 Å². The molecule has 19 heavy (non-hydrogen) atoms. The van der Waals surface area contributed by atoms with Gasteiger partial charge in [-0.2, -0.15) is 0 Å². The summed E-state index contributed by atoms with van der Waals surface area (Å²) in [7, 11) is 0. The standard InChI is InChI=1S/C11H11BrN4O2S/c1-6-5-19-11(14-6)7(2)15-10-8(12)3-13-4-9(10)16(17)18/h3-5,7H,1-2H3,(H,13,15). The molecule has 0 aromatic carbocycles. The predicted octanol–water partition coefficient (Wildman–Crippen LogP) is 3.69. The number of nitro groups is 1. The molecule has 0 bridgehead atoms. The first-order valence-corrected chi connectivity index (χ1v) is 7.12. The van der Waals surface area contributed by atoms with Crippen LogP contribution in [0.1, 0.15) is 23.7 Å². The average molecular weight is 343 g/mol. The van der Waals surface area contributed by atoms with Gasteiger partial charge in [-0.25, -0.2) is 4.98 Å². The Hall–Kier alpha value is -1.54. The van der Waals surface area contributed by atoms with Crippen molar-refractivity contribution in [1.82, 2.24) is 9.97 Å². The summed E-state index contributed by atoms with van der Waals surface area (Å²) in [5.74, 6) is 0. The van der Waals surface area contributed by atoms with E-state index in [1.165, 1.54) is 23.7 Å². The molecule has 0 amide bonds. The number of nitrogens with one attached hydrogen (secondary N) is 1. The predicted molar refractivity (Wildman–Crippen MR) is 77.5 cm³/mol. The minimum absolute atomic E-state index is 0.0606. The van der Waals surface area contributed by atoms with Crippen molar-refractivity contribution < 1.29 is 4.92 Å². The lowest BCUT2D eigenvalue weighted by molar-refractivity contribution is -0.384. The number of aromatic nitrogens is 2. The molecule has 0 aliphatic carbocycles. The fourth-order valence-corrected chi connectivity index (χ4v) is 2.79. The van der Waals surface area contributed by atoms with E-state index >= 15 is 0 Å². The van der Waals surface area contributed by atoms with Gasteiger partial charge in [-0.1, -0.05) is 0 Å². The van der Waals surface area contributed by atoms with Crippen LogP contribution in [-0.2, 0) is 0 Å². The number of hydrogen-bond donors (Lipinski definition) is 1. The lowest BCUT2D eigenvalue weighted by Gasteiger charge is -2.13. The number of thiazole rings is 1. The highest BCUT2D eigenvalue weighted by Crippen LogP contribution is 2.34. The van der Waals surface area contributed by atoms with Crippen LogP contribution in [0.5, 0.6) is 0 Å². The Balaban J connectivity index is 2.30. The zero-order valence-corrected chi connectivity index (χ0v) is 12.7. The van der Waals surface area contributed by atoms with E-state index < -0.39 is 4.92 Å². The zero-order chi connectivity index (χ0) is 14.0. The van der Waals surface area contributed by atoms with Crippen molar-refractivity contribution in [2.75, 3.05) is 5.32 Å². The molecule has 8 heteroatoms. The minimum Gasteiger partial charge on any atom is -0.370 e. The van der Waals surface area contributed by atoms with E-state index in [4.69, 9.17) is 0 Å². The molecule has 1 atom stereocenters. The van der Waals surface area contributed by atoms with Gasteiger partial charge in [0.25, 0.3) is 0 Å². The van der Waals surface area contributed by atoms with Gasteiger partial charge in [-0.3, -0.25) is 15.1 Å². The quantitative estimate of drug-likeness (QED) is 0.676.